The van der Waals surface area contributed by atoms with E-state index in [0.717, 1.165) is 5.69 Å². The molecule has 6 nitrogen and oxygen atoms in total. The largest absolute Gasteiger partial charge is 0.479 e. The number of piperazine rings is 1. The van der Waals surface area contributed by atoms with Crippen molar-refractivity contribution in [3.8, 4) is 5.75 Å². The molecular formula is C19H18ClN3O3. The molecule has 2 amide bonds. The Morgan fingerprint density at radius 1 is 1.04 bits per heavy atom. The third-order valence-electron chi connectivity index (χ3n) is 4.61. The average Bonchev–Trinajstić information content (AvgIpc) is 2.67. The maximum atomic E-state index is 12.6. The van der Waals surface area contributed by atoms with Gasteiger partial charge in [0.2, 0.25) is 0 Å². The van der Waals surface area contributed by atoms with Gasteiger partial charge in [0.15, 0.2) is 12.4 Å². The molecule has 26 heavy (non-hydrogen) atoms. The van der Waals surface area contributed by atoms with Crippen LogP contribution in [0.2, 0.25) is 5.02 Å². The van der Waals surface area contributed by atoms with Gasteiger partial charge in [-0.2, -0.15) is 0 Å². The molecule has 0 aromatic heterocycles. The number of hydrogen-bond acceptors (Lipinski definition) is 4. The van der Waals surface area contributed by atoms with Gasteiger partial charge in [0.1, 0.15) is 0 Å². The van der Waals surface area contributed by atoms with Gasteiger partial charge in [-0.25, -0.2) is 0 Å². The van der Waals surface area contributed by atoms with Crippen LogP contribution in [0, 0.1) is 0 Å². The van der Waals surface area contributed by atoms with Crippen LogP contribution in [-0.2, 0) is 4.79 Å². The minimum Gasteiger partial charge on any atom is -0.479 e. The molecule has 2 heterocycles. The standard InChI is InChI=1S/C19H18ClN3O3/c20-14-6-4-13(5-7-14)19(25)23-10-8-22(9-11-23)16-3-1-2-15-18(16)26-12-17(24)21-15/h1-7H,8-12H2,(H,21,24). The first-order valence-corrected chi connectivity index (χ1v) is 8.85. The molecule has 4 rings (SSSR count). The third kappa shape index (κ3) is 3.20. The molecule has 2 aliphatic heterocycles. The minimum absolute atomic E-state index is 0.0138. The second kappa shape index (κ2) is 6.88. The fraction of sp³-hybridized carbons (Fsp3) is 0.263. The molecule has 0 saturated carbocycles. The highest BCUT2D eigenvalue weighted by Crippen LogP contribution is 2.38. The van der Waals surface area contributed by atoms with Gasteiger partial charge in [-0.1, -0.05) is 17.7 Å². The average molecular weight is 372 g/mol. The van der Waals surface area contributed by atoms with Gasteiger partial charge < -0.3 is 19.9 Å². The number of amides is 2. The van der Waals surface area contributed by atoms with Gasteiger partial charge in [0.05, 0.1) is 11.4 Å². The predicted octanol–water partition coefficient (Wildman–Crippen LogP) is 2.63. The van der Waals surface area contributed by atoms with Crippen LogP contribution in [0.25, 0.3) is 0 Å². The highest BCUT2D eigenvalue weighted by molar-refractivity contribution is 6.30. The number of nitrogens with zero attached hydrogens (tertiary/aromatic N) is 2. The van der Waals surface area contributed by atoms with Crippen molar-refractivity contribution in [3.05, 3.63) is 53.1 Å². The number of anilines is 2. The van der Waals surface area contributed by atoms with E-state index < -0.39 is 0 Å². The van der Waals surface area contributed by atoms with Crippen LogP contribution in [0.5, 0.6) is 5.75 Å². The fourth-order valence-electron chi connectivity index (χ4n) is 3.27. The summed E-state index contributed by atoms with van der Waals surface area (Å²) in [5.41, 5.74) is 2.28. The van der Waals surface area contributed by atoms with E-state index in [1.54, 1.807) is 24.3 Å². The van der Waals surface area contributed by atoms with Crippen molar-refractivity contribution in [2.24, 2.45) is 0 Å². The smallest absolute Gasteiger partial charge is 0.262 e. The Labute approximate surface area is 156 Å². The van der Waals surface area contributed by atoms with Crippen molar-refractivity contribution in [2.75, 3.05) is 43.0 Å². The number of carbonyl (C=O) groups excluding carboxylic acids is 2. The summed E-state index contributed by atoms with van der Waals surface area (Å²) in [6, 6.07) is 12.7. The summed E-state index contributed by atoms with van der Waals surface area (Å²) < 4.78 is 5.63. The van der Waals surface area contributed by atoms with Crippen molar-refractivity contribution in [2.45, 2.75) is 0 Å². The van der Waals surface area contributed by atoms with Crippen molar-refractivity contribution in [3.63, 3.8) is 0 Å². The van der Waals surface area contributed by atoms with Gasteiger partial charge >= 0.3 is 0 Å². The molecule has 0 atom stereocenters. The molecule has 1 saturated heterocycles. The van der Waals surface area contributed by atoms with Crippen LogP contribution in [0.15, 0.2) is 42.5 Å². The SMILES string of the molecule is O=C1COc2c(cccc2N2CCN(C(=O)c3ccc(Cl)cc3)CC2)N1. The maximum Gasteiger partial charge on any atom is 0.262 e. The molecular weight excluding hydrogens is 354 g/mol. The molecule has 0 bridgehead atoms. The van der Waals surface area contributed by atoms with Gasteiger partial charge in [0.25, 0.3) is 11.8 Å². The molecule has 2 aromatic rings. The van der Waals surface area contributed by atoms with Gasteiger partial charge in [-0.05, 0) is 36.4 Å². The fourth-order valence-corrected chi connectivity index (χ4v) is 3.40. The summed E-state index contributed by atoms with van der Waals surface area (Å²) in [4.78, 5) is 28.1. The van der Waals surface area contributed by atoms with Crippen LogP contribution in [0.4, 0.5) is 11.4 Å². The molecule has 0 aliphatic carbocycles. The molecule has 2 aliphatic rings. The quantitative estimate of drug-likeness (QED) is 0.881. The number of ether oxygens (including phenoxy) is 1. The van der Waals surface area contributed by atoms with Gasteiger partial charge in [-0.3, -0.25) is 9.59 Å². The first-order valence-electron chi connectivity index (χ1n) is 8.47. The van der Waals surface area contributed by atoms with E-state index in [1.165, 1.54) is 0 Å². The zero-order valence-electron chi connectivity index (χ0n) is 14.1. The van der Waals surface area contributed by atoms with Crippen molar-refractivity contribution < 1.29 is 14.3 Å². The summed E-state index contributed by atoms with van der Waals surface area (Å²) in [7, 11) is 0. The number of hydrogen-bond donors (Lipinski definition) is 1. The number of benzene rings is 2. The van der Waals surface area contributed by atoms with E-state index in [1.807, 2.05) is 23.1 Å². The first-order chi connectivity index (χ1) is 12.6. The summed E-state index contributed by atoms with van der Waals surface area (Å²) in [6.07, 6.45) is 0. The van der Waals surface area contributed by atoms with Crippen LogP contribution in [0.3, 0.4) is 0 Å². The second-order valence-electron chi connectivity index (χ2n) is 6.28. The van der Waals surface area contributed by atoms with E-state index in [-0.39, 0.29) is 18.4 Å². The second-order valence-corrected chi connectivity index (χ2v) is 6.71. The maximum absolute atomic E-state index is 12.6. The monoisotopic (exact) mass is 371 g/mol. The van der Waals surface area contributed by atoms with Gasteiger partial charge in [-0.15, -0.1) is 0 Å². The Morgan fingerprint density at radius 3 is 2.50 bits per heavy atom. The minimum atomic E-state index is -0.145. The van der Waals surface area contributed by atoms with Crippen LogP contribution >= 0.6 is 11.6 Å². The van der Waals surface area contributed by atoms with Crippen LogP contribution in [0.1, 0.15) is 10.4 Å². The van der Waals surface area contributed by atoms with E-state index in [9.17, 15) is 9.59 Å². The Hall–Kier alpha value is -2.73. The summed E-state index contributed by atoms with van der Waals surface area (Å²) in [5.74, 6) is 0.567. The molecule has 7 heteroatoms. The molecule has 1 fully saturated rings. The zero-order chi connectivity index (χ0) is 18.1. The number of nitrogens with one attached hydrogen (secondary N) is 1. The van der Waals surface area contributed by atoms with Crippen LogP contribution < -0.4 is 15.0 Å². The Bertz CT molecular complexity index is 846. The molecule has 134 valence electrons. The Kier molecular flexibility index (Phi) is 4.42. The van der Waals surface area contributed by atoms with Crippen molar-refractivity contribution in [1.29, 1.82) is 0 Å². The predicted molar refractivity (Wildman–Crippen MR) is 100 cm³/mol. The zero-order valence-corrected chi connectivity index (χ0v) is 14.8. The highest BCUT2D eigenvalue weighted by atomic mass is 35.5. The normalized spacial score (nSPS) is 16.6. The van der Waals surface area contributed by atoms with Crippen molar-refractivity contribution >= 4 is 34.8 Å². The first kappa shape index (κ1) is 16.7. The van der Waals surface area contributed by atoms with E-state index in [0.29, 0.717) is 48.2 Å². The lowest BCUT2D eigenvalue weighted by atomic mass is 10.1. The molecule has 0 unspecified atom stereocenters. The van der Waals surface area contributed by atoms with Gasteiger partial charge in [0, 0.05) is 36.8 Å². The number of fused-ring (bicyclic) bond motifs is 1. The topological polar surface area (TPSA) is 61.9 Å². The lowest BCUT2D eigenvalue weighted by Crippen LogP contribution is -2.49. The summed E-state index contributed by atoms with van der Waals surface area (Å²) >= 11 is 5.89. The Morgan fingerprint density at radius 2 is 1.77 bits per heavy atom. The lowest BCUT2D eigenvalue weighted by molar-refractivity contribution is -0.118. The number of para-hydroxylation sites is 1. The molecule has 2 aromatic carbocycles. The van der Waals surface area contributed by atoms with E-state index >= 15 is 0 Å². The van der Waals surface area contributed by atoms with Crippen LogP contribution in [-0.4, -0.2) is 49.5 Å². The summed E-state index contributed by atoms with van der Waals surface area (Å²) in [6.45, 7) is 2.67. The summed E-state index contributed by atoms with van der Waals surface area (Å²) in [5, 5.41) is 3.44. The number of rotatable bonds is 2. The highest BCUT2D eigenvalue weighted by Gasteiger charge is 2.26. The van der Waals surface area contributed by atoms with E-state index in [2.05, 4.69) is 10.2 Å². The Balaban J connectivity index is 1.46. The molecule has 0 radical (unpaired) electrons. The number of halogens is 1. The number of carbonyl (C=O) groups is 2. The third-order valence-corrected chi connectivity index (χ3v) is 4.87. The molecule has 1 N–H and O–H groups in total. The van der Waals surface area contributed by atoms with E-state index in [4.69, 9.17) is 16.3 Å². The van der Waals surface area contributed by atoms with Crippen molar-refractivity contribution in [1.82, 2.24) is 4.90 Å². The molecule has 0 spiro atoms. The lowest BCUT2D eigenvalue weighted by Gasteiger charge is -2.37.